The number of carboxylic acid groups (broad SMARTS) is 1. The Morgan fingerprint density at radius 2 is 1.94 bits per heavy atom. The number of imide groups is 1. The smallest absolute Gasteiger partial charge is 0.323 e. The molecule has 0 spiro atoms. The van der Waals surface area contributed by atoms with E-state index in [4.69, 9.17) is 14.6 Å². The Hall–Kier alpha value is -3.38. The molecule has 0 saturated carbocycles. The highest BCUT2D eigenvalue weighted by Crippen LogP contribution is 2.38. The van der Waals surface area contributed by atoms with Crippen LogP contribution in [0.4, 0.5) is 10.5 Å². The Bertz CT molecular complexity index is 1130. The summed E-state index contributed by atoms with van der Waals surface area (Å²) in [5.41, 5.74) is 1.21. The quantitative estimate of drug-likeness (QED) is 0.309. The van der Waals surface area contributed by atoms with Crippen LogP contribution in [0.2, 0.25) is 0 Å². The molecule has 2 aromatic carbocycles. The number of ether oxygens (including phenoxy) is 2. The first-order valence-electron chi connectivity index (χ1n) is 8.90. The summed E-state index contributed by atoms with van der Waals surface area (Å²) in [5, 5.41) is 18.9. The van der Waals surface area contributed by atoms with Gasteiger partial charge in [0.1, 0.15) is 13.2 Å². The second-order valence-electron chi connectivity index (χ2n) is 6.40. The van der Waals surface area contributed by atoms with Crippen LogP contribution < -0.4 is 9.47 Å². The fourth-order valence-electron chi connectivity index (χ4n) is 2.72. The average molecular weight is 523 g/mol. The van der Waals surface area contributed by atoms with Crippen LogP contribution in [0.5, 0.6) is 11.5 Å². The molecule has 1 fully saturated rings. The fraction of sp³-hybridized carbons (Fsp3) is 0.150. The minimum atomic E-state index is -1.29. The van der Waals surface area contributed by atoms with Gasteiger partial charge in [-0.25, -0.2) is 0 Å². The molecule has 1 aliphatic rings. The van der Waals surface area contributed by atoms with Crippen molar-refractivity contribution in [3.8, 4) is 11.5 Å². The molecule has 1 N–H and O–H groups in total. The van der Waals surface area contributed by atoms with E-state index in [0.29, 0.717) is 43.8 Å². The highest BCUT2D eigenvalue weighted by Gasteiger charge is 2.36. The second-order valence-corrected chi connectivity index (χ2v) is 8.25. The van der Waals surface area contributed by atoms with E-state index in [1.54, 1.807) is 24.3 Å². The summed E-state index contributed by atoms with van der Waals surface area (Å²) in [5.74, 6) is -1.24. The Balaban J connectivity index is 1.80. The third-order valence-corrected chi connectivity index (χ3v) is 5.87. The summed E-state index contributed by atoms with van der Waals surface area (Å²) in [7, 11) is 1.44. The molecule has 32 heavy (non-hydrogen) atoms. The molecule has 1 aliphatic heterocycles. The molecule has 0 unspecified atom stereocenters. The van der Waals surface area contributed by atoms with Gasteiger partial charge in [-0.05, 0) is 53.2 Å². The van der Waals surface area contributed by atoms with E-state index in [0.717, 1.165) is 0 Å². The maximum absolute atomic E-state index is 12.4. The SMILES string of the molecule is COc1cc(/C=C2/SC(=O)N(CC(=O)O)C2=O)c(Br)cc1OCc1ccc([N+](=O)[O-])cc1. The van der Waals surface area contributed by atoms with Crippen LogP contribution in [0, 0.1) is 10.1 Å². The van der Waals surface area contributed by atoms with Gasteiger partial charge in [-0.15, -0.1) is 0 Å². The van der Waals surface area contributed by atoms with E-state index in [-0.39, 0.29) is 17.2 Å². The van der Waals surface area contributed by atoms with Gasteiger partial charge in [0.15, 0.2) is 11.5 Å². The lowest BCUT2D eigenvalue weighted by molar-refractivity contribution is -0.384. The molecular formula is C20H15BrN2O8S. The number of nitro benzene ring substituents is 1. The first kappa shape index (κ1) is 23.3. The average Bonchev–Trinajstić information content (AvgIpc) is 3.01. The summed E-state index contributed by atoms with van der Waals surface area (Å²) < 4.78 is 11.7. The normalized spacial score (nSPS) is 14.7. The third-order valence-electron chi connectivity index (χ3n) is 4.28. The van der Waals surface area contributed by atoms with Gasteiger partial charge in [0.25, 0.3) is 16.8 Å². The lowest BCUT2D eigenvalue weighted by Crippen LogP contribution is -2.33. The van der Waals surface area contributed by atoms with Gasteiger partial charge in [-0.2, -0.15) is 0 Å². The summed E-state index contributed by atoms with van der Waals surface area (Å²) in [6.07, 6.45) is 1.46. The van der Waals surface area contributed by atoms with Gasteiger partial charge in [0.2, 0.25) is 0 Å². The standard InChI is InChI=1S/C20H15BrN2O8S/c1-30-15-6-12(7-17-19(26)22(9-18(24)25)20(27)32-17)14(21)8-16(15)31-10-11-2-4-13(5-3-11)23(28)29/h2-8H,9-10H2,1H3,(H,24,25)/b17-7+. The molecule has 0 bridgehead atoms. The van der Waals surface area contributed by atoms with Crippen LogP contribution in [-0.4, -0.2) is 45.7 Å². The number of halogens is 1. The topological polar surface area (TPSA) is 136 Å². The molecule has 0 aromatic heterocycles. The van der Waals surface area contributed by atoms with Crippen molar-refractivity contribution in [3.63, 3.8) is 0 Å². The lowest BCUT2D eigenvalue weighted by Gasteiger charge is -2.13. The van der Waals surface area contributed by atoms with Crippen LogP contribution in [0.25, 0.3) is 6.08 Å². The Labute approximate surface area is 194 Å². The minimum absolute atomic E-state index is 0.0220. The highest BCUT2D eigenvalue weighted by molar-refractivity contribution is 9.10. The lowest BCUT2D eigenvalue weighted by atomic mass is 10.1. The number of carbonyl (C=O) groups is 3. The number of thioether (sulfide) groups is 1. The van der Waals surface area contributed by atoms with Crippen molar-refractivity contribution >= 4 is 56.6 Å². The van der Waals surface area contributed by atoms with E-state index in [2.05, 4.69) is 15.9 Å². The minimum Gasteiger partial charge on any atom is -0.493 e. The summed E-state index contributed by atoms with van der Waals surface area (Å²) in [6, 6.07) is 9.15. The molecule has 166 valence electrons. The summed E-state index contributed by atoms with van der Waals surface area (Å²) in [6.45, 7) is -0.573. The van der Waals surface area contributed by atoms with Crippen molar-refractivity contribution in [1.29, 1.82) is 0 Å². The molecule has 1 heterocycles. The predicted molar refractivity (Wildman–Crippen MR) is 118 cm³/mol. The number of nitro groups is 1. The Morgan fingerprint density at radius 1 is 1.25 bits per heavy atom. The number of carboxylic acids is 1. The number of rotatable bonds is 8. The number of carbonyl (C=O) groups excluding carboxylic acids is 2. The van der Waals surface area contributed by atoms with Crippen LogP contribution in [0.1, 0.15) is 11.1 Å². The maximum Gasteiger partial charge on any atom is 0.323 e. The first-order valence-corrected chi connectivity index (χ1v) is 10.5. The van der Waals surface area contributed by atoms with Crippen molar-refractivity contribution in [2.45, 2.75) is 6.61 Å². The second kappa shape index (κ2) is 9.83. The van der Waals surface area contributed by atoms with Crippen molar-refractivity contribution in [1.82, 2.24) is 4.90 Å². The number of hydrogen-bond donors (Lipinski definition) is 1. The van der Waals surface area contributed by atoms with E-state index >= 15 is 0 Å². The summed E-state index contributed by atoms with van der Waals surface area (Å²) in [4.78, 5) is 46.1. The number of methoxy groups -OCH3 is 1. The van der Waals surface area contributed by atoms with Gasteiger partial charge >= 0.3 is 5.97 Å². The molecule has 12 heteroatoms. The number of amides is 2. The Morgan fingerprint density at radius 3 is 2.53 bits per heavy atom. The highest BCUT2D eigenvalue weighted by atomic mass is 79.9. The zero-order valence-corrected chi connectivity index (χ0v) is 18.8. The predicted octanol–water partition coefficient (Wildman–Crippen LogP) is 4.07. The number of aliphatic carboxylic acids is 1. The molecule has 2 aromatic rings. The van der Waals surface area contributed by atoms with Crippen LogP contribution in [0.3, 0.4) is 0 Å². The number of nitrogens with zero attached hydrogens (tertiary/aromatic N) is 2. The van der Waals surface area contributed by atoms with Crippen molar-refractivity contribution in [2.24, 2.45) is 0 Å². The maximum atomic E-state index is 12.4. The third kappa shape index (κ3) is 5.26. The van der Waals surface area contributed by atoms with Gasteiger partial charge in [-0.3, -0.25) is 29.4 Å². The van der Waals surface area contributed by atoms with Gasteiger partial charge < -0.3 is 14.6 Å². The van der Waals surface area contributed by atoms with Crippen molar-refractivity contribution < 1.29 is 33.9 Å². The molecule has 0 aliphatic carbocycles. The van der Waals surface area contributed by atoms with Crippen LogP contribution in [-0.2, 0) is 16.2 Å². The van der Waals surface area contributed by atoms with E-state index in [9.17, 15) is 24.5 Å². The monoisotopic (exact) mass is 522 g/mol. The van der Waals surface area contributed by atoms with E-state index in [1.807, 2.05) is 0 Å². The van der Waals surface area contributed by atoms with Gasteiger partial charge in [-0.1, -0.05) is 15.9 Å². The Kier molecular flexibility index (Phi) is 7.15. The van der Waals surface area contributed by atoms with Crippen LogP contribution >= 0.6 is 27.7 Å². The molecule has 0 atom stereocenters. The van der Waals surface area contributed by atoms with E-state index in [1.165, 1.54) is 25.3 Å². The zero-order chi connectivity index (χ0) is 23.4. The van der Waals surface area contributed by atoms with Gasteiger partial charge in [0.05, 0.1) is 16.9 Å². The molecule has 3 rings (SSSR count). The number of benzene rings is 2. The molecule has 2 amide bonds. The molecule has 10 nitrogen and oxygen atoms in total. The summed E-state index contributed by atoms with van der Waals surface area (Å²) >= 11 is 4.04. The molecule has 0 radical (unpaired) electrons. The van der Waals surface area contributed by atoms with Crippen molar-refractivity contribution in [3.05, 3.63) is 67.0 Å². The largest absolute Gasteiger partial charge is 0.493 e. The zero-order valence-electron chi connectivity index (χ0n) is 16.4. The molecule has 1 saturated heterocycles. The fourth-order valence-corrected chi connectivity index (χ4v) is 3.99. The van der Waals surface area contributed by atoms with E-state index < -0.39 is 28.6 Å². The number of non-ortho nitro benzene ring substituents is 1. The first-order chi connectivity index (χ1) is 15.2. The number of hydrogen-bond acceptors (Lipinski definition) is 8. The van der Waals surface area contributed by atoms with Gasteiger partial charge in [0, 0.05) is 16.6 Å². The molecular weight excluding hydrogens is 508 g/mol. The van der Waals surface area contributed by atoms with Crippen LogP contribution in [0.15, 0.2) is 45.8 Å². The van der Waals surface area contributed by atoms with Crippen molar-refractivity contribution in [2.75, 3.05) is 13.7 Å².